The van der Waals surface area contributed by atoms with Gasteiger partial charge in [0.25, 0.3) is 0 Å². The second-order valence-electron chi connectivity index (χ2n) is 6.94. The minimum atomic E-state index is -0.0806. The highest BCUT2D eigenvalue weighted by Gasteiger charge is 2.14. The Kier molecular flexibility index (Phi) is 8.07. The van der Waals surface area contributed by atoms with Gasteiger partial charge in [-0.15, -0.1) is 0 Å². The summed E-state index contributed by atoms with van der Waals surface area (Å²) < 4.78 is 6.94. The van der Waals surface area contributed by atoms with Crippen LogP contribution in [0.1, 0.15) is 30.7 Å². The highest BCUT2D eigenvalue weighted by Crippen LogP contribution is 2.22. The van der Waals surface area contributed by atoms with Crippen molar-refractivity contribution in [3.8, 4) is 0 Å². The highest BCUT2D eigenvalue weighted by atomic mass is 35.5. The van der Waals surface area contributed by atoms with Crippen molar-refractivity contribution in [3.63, 3.8) is 0 Å². The maximum atomic E-state index is 12.7. The second-order valence-corrected chi connectivity index (χ2v) is 7.30. The molecular formula is C21H28ClN3O2. The average molecular weight is 390 g/mol. The molecule has 0 saturated heterocycles. The second kappa shape index (κ2) is 10.3. The summed E-state index contributed by atoms with van der Waals surface area (Å²) in [6.45, 7) is 8.42. The predicted octanol–water partition coefficient (Wildman–Crippen LogP) is 4.19. The molecule has 0 N–H and O–H groups in total. The number of hydrogen-bond donors (Lipinski definition) is 0. The molecule has 2 aromatic rings. The van der Waals surface area contributed by atoms with Crippen LogP contribution in [0.5, 0.6) is 0 Å². The summed E-state index contributed by atoms with van der Waals surface area (Å²) in [4.78, 5) is 14.5. The number of carbonyl (C=O) groups excluding carboxylic acids is 1. The monoisotopic (exact) mass is 389 g/mol. The van der Waals surface area contributed by atoms with Gasteiger partial charge in [0.1, 0.15) is 5.15 Å². The van der Waals surface area contributed by atoms with Gasteiger partial charge in [0, 0.05) is 38.4 Å². The maximum Gasteiger partial charge on any atom is 0.246 e. The lowest BCUT2D eigenvalue weighted by atomic mass is 10.2. The van der Waals surface area contributed by atoms with Gasteiger partial charge in [-0.1, -0.05) is 55.8 Å². The number of methoxy groups -OCH3 is 1. The largest absolute Gasteiger partial charge is 0.383 e. The fourth-order valence-corrected chi connectivity index (χ4v) is 3.06. The molecule has 0 aliphatic rings. The van der Waals surface area contributed by atoms with Crippen LogP contribution in [-0.2, 0) is 22.6 Å². The van der Waals surface area contributed by atoms with Crippen LogP contribution in [0.2, 0.25) is 5.15 Å². The van der Waals surface area contributed by atoms with E-state index in [-0.39, 0.29) is 5.91 Å². The van der Waals surface area contributed by atoms with E-state index >= 15 is 0 Å². The number of benzene rings is 1. The Morgan fingerprint density at radius 3 is 2.67 bits per heavy atom. The molecule has 6 heteroatoms. The molecule has 0 fully saturated rings. The smallest absolute Gasteiger partial charge is 0.246 e. The lowest BCUT2D eigenvalue weighted by Crippen LogP contribution is -2.32. The quantitative estimate of drug-likeness (QED) is 0.604. The summed E-state index contributed by atoms with van der Waals surface area (Å²) in [6, 6.07) is 9.92. The van der Waals surface area contributed by atoms with Gasteiger partial charge in [0.05, 0.1) is 12.3 Å². The molecule has 0 radical (unpaired) electrons. The molecule has 27 heavy (non-hydrogen) atoms. The molecule has 0 atom stereocenters. The van der Waals surface area contributed by atoms with E-state index < -0.39 is 0 Å². The molecule has 0 saturated carbocycles. The number of aryl methyl sites for hydroxylation is 1. The van der Waals surface area contributed by atoms with E-state index in [9.17, 15) is 4.79 Å². The molecular weight excluding hydrogens is 362 g/mol. The fourth-order valence-electron chi connectivity index (χ4n) is 2.76. The van der Waals surface area contributed by atoms with Gasteiger partial charge in [-0.3, -0.25) is 9.48 Å². The third kappa shape index (κ3) is 6.22. The van der Waals surface area contributed by atoms with Crippen LogP contribution in [0.25, 0.3) is 6.08 Å². The van der Waals surface area contributed by atoms with E-state index in [2.05, 4.69) is 18.9 Å². The Morgan fingerprint density at radius 2 is 2.04 bits per heavy atom. The molecule has 0 bridgehead atoms. The molecule has 0 spiro atoms. The molecule has 146 valence electrons. The van der Waals surface area contributed by atoms with Crippen LogP contribution in [0, 0.1) is 12.8 Å². The molecule has 1 aromatic carbocycles. The number of aromatic nitrogens is 2. The summed E-state index contributed by atoms with van der Waals surface area (Å²) >= 11 is 6.45. The van der Waals surface area contributed by atoms with Crippen LogP contribution < -0.4 is 0 Å². The Morgan fingerprint density at radius 1 is 1.33 bits per heavy atom. The highest BCUT2D eigenvalue weighted by molar-refractivity contribution is 6.31. The van der Waals surface area contributed by atoms with Gasteiger partial charge < -0.3 is 9.64 Å². The third-order valence-corrected chi connectivity index (χ3v) is 4.53. The van der Waals surface area contributed by atoms with E-state index in [4.69, 9.17) is 16.3 Å². The lowest BCUT2D eigenvalue weighted by molar-refractivity contribution is -0.127. The van der Waals surface area contributed by atoms with Gasteiger partial charge in [-0.05, 0) is 24.5 Å². The van der Waals surface area contributed by atoms with E-state index in [0.717, 1.165) is 23.4 Å². The number of carbonyl (C=O) groups is 1. The van der Waals surface area contributed by atoms with E-state index in [1.165, 1.54) is 0 Å². The SMILES string of the molecule is COCCN(Cc1ccccc1)C(=O)C=Cc1c(C)nn(CC(C)C)c1Cl. The van der Waals surface area contributed by atoms with Crippen molar-refractivity contribution in [2.75, 3.05) is 20.3 Å². The zero-order valence-electron chi connectivity index (χ0n) is 16.5. The number of ether oxygens (including phenoxy) is 1. The van der Waals surface area contributed by atoms with Gasteiger partial charge in [-0.25, -0.2) is 0 Å². The number of nitrogens with zero attached hydrogens (tertiary/aromatic N) is 3. The zero-order chi connectivity index (χ0) is 19.8. The average Bonchev–Trinajstić information content (AvgIpc) is 2.90. The van der Waals surface area contributed by atoms with Crippen LogP contribution in [0.4, 0.5) is 0 Å². The molecule has 0 unspecified atom stereocenters. The van der Waals surface area contributed by atoms with Crippen LogP contribution in [0.3, 0.4) is 0 Å². The lowest BCUT2D eigenvalue weighted by Gasteiger charge is -2.21. The normalized spacial score (nSPS) is 11.5. The minimum Gasteiger partial charge on any atom is -0.383 e. The summed E-state index contributed by atoms with van der Waals surface area (Å²) in [5.41, 5.74) is 2.68. The number of hydrogen-bond acceptors (Lipinski definition) is 3. The van der Waals surface area contributed by atoms with Gasteiger partial charge in [0.2, 0.25) is 5.91 Å². The Bertz CT molecular complexity index is 769. The Balaban J connectivity index is 2.15. The summed E-state index contributed by atoms with van der Waals surface area (Å²) in [5.74, 6) is 0.360. The van der Waals surface area contributed by atoms with Crippen molar-refractivity contribution in [1.29, 1.82) is 0 Å². The first-order valence-electron chi connectivity index (χ1n) is 9.15. The van der Waals surface area contributed by atoms with E-state index in [1.807, 2.05) is 37.3 Å². The number of halogens is 1. The van der Waals surface area contributed by atoms with Crippen molar-refractivity contribution in [3.05, 3.63) is 58.4 Å². The summed E-state index contributed by atoms with van der Waals surface area (Å²) in [6.07, 6.45) is 3.32. The minimum absolute atomic E-state index is 0.0806. The molecule has 1 heterocycles. The van der Waals surface area contributed by atoms with Crippen molar-refractivity contribution in [1.82, 2.24) is 14.7 Å². The van der Waals surface area contributed by atoms with E-state index in [1.54, 1.807) is 28.8 Å². The molecule has 0 aliphatic carbocycles. The summed E-state index contributed by atoms with van der Waals surface area (Å²) in [5, 5.41) is 5.05. The number of rotatable bonds is 9. The van der Waals surface area contributed by atoms with Gasteiger partial charge in [-0.2, -0.15) is 5.10 Å². The van der Waals surface area contributed by atoms with Crippen LogP contribution in [-0.4, -0.2) is 40.8 Å². The van der Waals surface area contributed by atoms with Crippen molar-refractivity contribution < 1.29 is 9.53 Å². The third-order valence-electron chi connectivity index (χ3n) is 4.13. The van der Waals surface area contributed by atoms with Crippen LogP contribution in [0.15, 0.2) is 36.4 Å². The predicted molar refractivity (Wildman–Crippen MR) is 110 cm³/mol. The van der Waals surface area contributed by atoms with Crippen molar-refractivity contribution >= 4 is 23.6 Å². The molecule has 2 rings (SSSR count). The first-order valence-corrected chi connectivity index (χ1v) is 9.53. The first-order chi connectivity index (χ1) is 12.9. The van der Waals surface area contributed by atoms with Crippen molar-refractivity contribution in [2.45, 2.75) is 33.9 Å². The maximum absolute atomic E-state index is 12.7. The van der Waals surface area contributed by atoms with Crippen LogP contribution >= 0.6 is 11.6 Å². The van der Waals surface area contributed by atoms with Gasteiger partial charge in [0.15, 0.2) is 0 Å². The van der Waals surface area contributed by atoms with Gasteiger partial charge >= 0.3 is 0 Å². The summed E-state index contributed by atoms with van der Waals surface area (Å²) in [7, 11) is 1.63. The Hall–Kier alpha value is -2.11. The number of amides is 1. The van der Waals surface area contributed by atoms with Crippen molar-refractivity contribution in [2.24, 2.45) is 5.92 Å². The molecule has 1 amide bonds. The molecule has 0 aliphatic heterocycles. The Labute approximate surface area is 166 Å². The topological polar surface area (TPSA) is 47.4 Å². The molecule has 5 nitrogen and oxygen atoms in total. The first kappa shape index (κ1) is 21.2. The van der Waals surface area contributed by atoms with E-state index in [0.29, 0.717) is 30.8 Å². The standard InChI is InChI=1S/C21H28ClN3O2/c1-16(2)14-25-21(22)19(17(3)23-25)10-11-20(26)24(12-13-27-4)15-18-8-6-5-7-9-18/h5-11,16H,12-15H2,1-4H3. The fraction of sp³-hybridized carbons (Fsp3) is 0.429. The molecule has 1 aromatic heterocycles. The zero-order valence-corrected chi connectivity index (χ0v) is 17.2.